The minimum atomic E-state index is -0.764. The van der Waals surface area contributed by atoms with Gasteiger partial charge in [0.15, 0.2) is 11.6 Å². The molecule has 1 saturated heterocycles. The zero-order valence-electron chi connectivity index (χ0n) is 12.5. The zero-order chi connectivity index (χ0) is 14.7. The summed E-state index contributed by atoms with van der Waals surface area (Å²) in [6.45, 7) is 3.81. The molecule has 2 nitrogen and oxygen atoms in total. The Kier molecular flexibility index (Phi) is 4.55. The van der Waals surface area contributed by atoms with Crippen LogP contribution in [0.2, 0.25) is 0 Å². The number of hydrogen-bond donors (Lipinski definition) is 1. The van der Waals surface area contributed by atoms with Gasteiger partial charge in [-0.2, -0.15) is 0 Å². The van der Waals surface area contributed by atoms with Crippen LogP contribution in [0.1, 0.15) is 44.1 Å². The minimum Gasteiger partial charge on any atom is -0.310 e. The van der Waals surface area contributed by atoms with E-state index in [0.717, 1.165) is 31.6 Å². The summed E-state index contributed by atoms with van der Waals surface area (Å²) >= 11 is 0. The smallest absolute Gasteiger partial charge is 0.159 e. The lowest BCUT2D eigenvalue weighted by molar-refractivity contribution is 0.159. The lowest BCUT2D eigenvalue weighted by Gasteiger charge is -2.40. The monoisotopic (exact) mass is 294 g/mol. The molecule has 0 bridgehead atoms. The molecular formula is C17H24F2N2. The van der Waals surface area contributed by atoms with Gasteiger partial charge in [-0.1, -0.05) is 25.3 Å². The molecule has 2 aliphatic rings. The van der Waals surface area contributed by atoms with E-state index in [1.807, 2.05) is 0 Å². The second-order valence-corrected chi connectivity index (χ2v) is 6.58. The van der Waals surface area contributed by atoms with Crippen molar-refractivity contribution in [3.63, 3.8) is 0 Å². The molecule has 1 aliphatic heterocycles. The minimum absolute atomic E-state index is 0.243. The van der Waals surface area contributed by atoms with Crippen molar-refractivity contribution in [1.29, 1.82) is 0 Å². The third-order valence-electron chi connectivity index (χ3n) is 4.88. The van der Waals surface area contributed by atoms with E-state index < -0.39 is 11.6 Å². The molecule has 1 N–H and O–H groups in total. The molecule has 0 unspecified atom stereocenters. The molecule has 1 aromatic carbocycles. The molecule has 1 aliphatic carbocycles. The summed E-state index contributed by atoms with van der Waals surface area (Å²) in [6.07, 6.45) is 7.53. The van der Waals surface area contributed by atoms with Crippen LogP contribution in [0.15, 0.2) is 18.2 Å². The van der Waals surface area contributed by atoms with Crippen molar-refractivity contribution in [3.05, 3.63) is 35.4 Å². The maximum atomic E-state index is 13.4. The Morgan fingerprint density at radius 1 is 1.05 bits per heavy atom. The van der Waals surface area contributed by atoms with E-state index in [2.05, 4.69) is 10.2 Å². The third kappa shape index (κ3) is 3.61. The number of benzene rings is 1. The van der Waals surface area contributed by atoms with Gasteiger partial charge in [-0.15, -0.1) is 0 Å². The van der Waals surface area contributed by atoms with Gasteiger partial charge in [0.05, 0.1) is 0 Å². The largest absolute Gasteiger partial charge is 0.310 e. The lowest BCUT2D eigenvalue weighted by Crippen LogP contribution is -2.52. The van der Waals surface area contributed by atoms with Crippen LogP contribution >= 0.6 is 0 Å². The molecule has 3 rings (SSSR count). The summed E-state index contributed by atoms with van der Waals surface area (Å²) in [6, 6.07) is 4.27. The average molecular weight is 294 g/mol. The molecular weight excluding hydrogens is 270 g/mol. The second-order valence-electron chi connectivity index (χ2n) is 6.58. The van der Waals surface area contributed by atoms with E-state index in [9.17, 15) is 8.78 Å². The summed E-state index contributed by atoms with van der Waals surface area (Å²) in [7, 11) is 0. The van der Waals surface area contributed by atoms with Crippen molar-refractivity contribution in [3.8, 4) is 0 Å². The van der Waals surface area contributed by atoms with Crippen LogP contribution in [0, 0.1) is 11.6 Å². The van der Waals surface area contributed by atoms with E-state index in [-0.39, 0.29) is 5.54 Å². The molecule has 2 fully saturated rings. The van der Waals surface area contributed by atoms with Gasteiger partial charge in [0.25, 0.3) is 0 Å². The standard InChI is InChI=1S/C17H24F2N2/c18-15-6-5-14(11-16(15)19)12-21-10-4-9-20-17(13-21)7-2-1-3-8-17/h5-6,11,20H,1-4,7-10,12-13H2. The molecule has 21 heavy (non-hydrogen) atoms. The van der Waals surface area contributed by atoms with Crippen LogP contribution in [0.25, 0.3) is 0 Å². The lowest BCUT2D eigenvalue weighted by atomic mass is 9.81. The SMILES string of the molecule is Fc1ccc(CN2CCCNC3(CCCCC3)C2)cc1F. The topological polar surface area (TPSA) is 15.3 Å². The number of halogens is 2. The van der Waals surface area contributed by atoms with E-state index in [0.29, 0.717) is 6.54 Å². The summed E-state index contributed by atoms with van der Waals surface area (Å²) in [5.74, 6) is -1.51. The Morgan fingerprint density at radius 3 is 2.62 bits per heavy atom. The van der Waals surface area contributed by atoms with Gasteiger partial charge in [-0.05, 0) is 50.0 Å². The van der Waals surface area contributed by atoms with Crippen molar-refractivity contribution in [2.24, 2.45) is 0 Å². The van der Waals surface area contributed by atoms with E-state index >= 15 is 0 Å². The summed E-state index contributed by atoms with van der Waals surface area (Å²) in [5.41, 5.74) is 1.11. The maximum absolute atomic E-state index is 13.4. The third-order valence-corrected chi connectivity index (χ3v) is 4.88. The van der Waals surface area contributed by atoms with Gasteiger partial charge in [0.2, 0.25) is 0 Å². The quantitative estimate of drug-likeness (QED) is 0.898. The first-order valence-corrected chi connectivity index (χ1v) is 8.08. The highest BCUT2D eigenvalue weighted by atomic mass is 19.2. The van der Waals surface area contributed by atoms with Crippen molar-refractivity contribution >= 4 is 0 Å². The molecule has 116 valence electrons. The van der Waals surface area contributed by atoms with Crippen LogP contribution in [0.4, 0.5) is 8.78 Å². The van der Waals surface area contributed by atoms with Crippen LogP contribution in [0.5, 0.6) is 0 Å². The van der Waals surface area contributed by atoms with Gasteiger partial charge >= 0.3 is 0 Å². The highest BCUT2D eigenvalue weighted by Gasteiger charge is 2.34. The number of nitrogens with zero attached hydrogens (tertiary/aromatic N) is 1. The van der Waals surface area contributed by atoms with Gasteiger partial charge in [0, 0.05) is 18.6 Å². The van der Waals surface area contributed by atoms with Gasteiger partial charge < -0.3 is 5.32 Å². The molecule has 1 saturated carbocycles. The molecule has 0 atom stereocenters. The van der Waals surface area contributed by atoms with Crippen LogP contribution in [-0.2, 0) is 6.54 Å². The molecule has 4 heteroatoms. The number of nitrogens with one attached hydrogen (secondary N) is 1. The fourth-order valence-electron chi connectivity index (χ4n) is 3.81. The summed E-state index contributed by atoms with van der Waals surface area (Å²) < 4.78 is 26.4. The predicted octanol–water partition coefficient (Wildman–Crippen LogP) is 3.46. The highest BCUT2D eigenvalue weighted by Crippen LogP contribution is 2.30. The predicted molar refractivity (Wildman–Crippen MR) is 80.1 cm³/mol. The fraction of sp³-hybridized carbons (Fsp3) is 0.647. The first-order valence-electron chi connectivity index (χ1n) is 8.08. The van der Waals surface area contributed by atoms with Crippen LogP contribution < -0.4 is 5.32 Å². The number of rotatable bonds is 2. The van der Waals surface area contributed by atoms with Crippen molar-refractivity contribution in [2.45, 2.75) is 50.6 Å². The Morgan fingerprint density at radius 2 is 1.86 bits per heavy atom. The van der Waals surface area contributed by atoms with Gasteiger partial charge in [-0.25, -0.2) is 8.78 Å². The Labute approximate surface area is 125 Å². The zero-order valence-corrected chi connectivity index (χ0v) is 12.5. The summed E-state index contributed by atoms with van der Waals surface area (Å²) in [4.78, 5) is 2.40. The van der Waals surface area contributed by atoms with Crippen LogP contribution in [0.3, 0.4) is 0 Å². The normalized spacial score (nSPS) is 23.1. The molecule has 0 aromatic heterocycles. The van der Waals surface area contributed by atoms with E-state index in [1.165, 1.54) is 44.2 Å². The molecule has 1 heterocycles. The molecule has 0 amide bonds. The maximum Gasteiger partial charge on any atom is 0.159 e. The molecule has 1 spiro atoms. The van der Waals surface area contributed by atoms with E-state index in [1.54, 1.807) is 6.07 Å². The first kappa shape index (κ1) is 14.9. The summed E-state index contributed by atoms with van der Waals surface area (Å²) in [5, 5.41) is 3.76. The Bertz CT molecular complexity index is 484. The first-order chi connectivity index (χ1) is 10.2. The second kappa shape index (κ2) is 6.41. The Balaban J connectivity index is 1.69. The molecule has 0 radical (unpaired) electrons. The number of hydrogen-bond acceptors (Lipinski definition) is 2. The van der Waals surface area contributed by atoms with Gasteiger partial charge in [0.1, 0.15) is 0 Å². The van der Waals surface area contributed by atoms with Crippen molar-refractivity contribution < 1.29 is 8.78 Å². The van der Waals surface area contributed by atoms with E-state index in [4.69, 9.17) is 0 Å². The van der Waals surface area contributed by atoms with Crippen LogP contribution in [-0.4, -0.2) is 30.1 Å². The van der Waals surface area contributed by atoms with Gasteiger partial charge in [-0.3, -0.25) is 4.90 Å². The highest BCUT2D eigenvalue weighted by molar-refractivity contribution is 5.18. The Hall–Kier alpha value is -1.00. The van der Waals surface area contributed by atoms with Crippen molar-refractivity contribution in [2.75, 3.05) is 19.6 Å². The van der Waals surface area contributed by atoms with Crippen molar-refractivity contribution in [1.82, 2.24) is 10.2 Å². The fourth-order valence-corrected chi connectivity index (χ4v) is 3.81. The molecule has 1 aromatic rings. The average Bonchev–Trinajstić information content (AvgIpc) is 2.66.